The van der Waals surface area contributed by atoms with Crippen molar-refractivity contribution in [2.75, 3.05) is 41.5 Å². The van der Waals surface area contributed by atoms with Gasteiger partial charge in [-0.3, -0.25) is 14.5 Å². The fraction of sp³-hybridized carbons (Fsp3) is 0.467. The highest BCUT2D eigenvalue weighted by Gasteiger charge is 2.23. The third kappa shape index (κ3) is 6.39. The average Bonchev–Trinajstić information content (AvgIpc) is 2.44. The maximum atomic E-state index is 12.4. The van der Waals surface area contributed by atoms with Gasteiger partial charge in [-0.2, -0.15) is 0 Å². The highest BCUT2D eigenvalue weighted by molar-refractivity contribution is 8.15. The summed E-state index contributed by atoms with van der Waals surface area (Å²) < 4.78 is 0. The lowest BCUT2D eigenvalue weighted by Gasteiger charge is -2.23. The van der Waals surface area contributed by atoms with Gasteiger partial charge in [0.15, 0.2) is 0 Å². The molecule has 0 spiro atoms. The van der Waals surface area contributed by atoms with Gasteiger partial charge in [0.25, 0.3) is 5.91 Å². The molecular formula is C15H25N3O2S. The third-order valence-electron chi connectivity index (χ3n) is 2.71. The number of rotatable bonds is 8. The summed E-state index contributed by atoms with van der Waals surface area (Å²) in [7, 11) is 7.21. The van der Waals surface area contributed by atoms with Crippen molar-refractivity contribution in [1.29, 1.82) is 0 Å². The molecule has 1 aromatic carbocycles. The van der Waals surface area contributed by atoms with Gasteiger partial charge in [0.2, 0.25) is 0 Å². The first-order valence-corrected chi connectivity index (χ1v) is 8.16. The number of carbonyl (C=O) groups excluding carboxylic acids is 1. The Balaban J connectivity index is 2.75. The van der Waals surface area contributed by atoms with Crippen molar-refractivity contribution in [3.8, 4) is 0 Å². The Kier molecular flexibility index (Phi) is 7.60. The lowest BCUT2D eigenvalue weighted by atomic mass is 10.4. The van der Waals surface area contributed by atoms with Crippen molar-refractivity contribution in [2.45, 2.75) is 10.1 Å². The number of hydrogen-bond acceptors (Lipinski definition) is 4. The molecule has 0 bridgehead atoms. The topological polar surface area (TPSA) is 44.8 Å². The Morgan fingerprint density at radius 3 is 2.38 bits per heavy atom. The molecule has 0 heterocycles. The fourth-order valence-electron chi connectivity index (χ4n) is 1.69. The molecule has 0 aliphatic carbocycles. The molecule has 1 aromatic rings. The zero-order chi connectivity index (χ0) is 15.8. The number of amides is 1. The van der Waals surface area contributed by atoms with Gasteiger partial charge in [0.05, 0.1) is 5.25 Å². The molecule has 1 rings (SSSR count). The van der Waals surface area contributed by atoms with E-state index in [0.717, 1.165) is 4.90 Å². The first-order chi connectivity index (χ1) is 9.91. The third-order valence-corrected chi connectivity index (χ3v) is 4.64. The molecule has 0 radical (unpaired) electrons. The van der Waals surface area contributed by atoms with E-state index in [-0.39, 0.29) is 11.2 Å². The summed E-state index contributed by atoms with van der Waals surface area (Å²) in [6.45, 7) is 0.968. The second-order valence-electron chi connectivity index (χ2n) is 5.31. The largest absolute Gasteiger partial charge is 0.308 e. The van der Waals surface area contributed by atoms with E-state index in [1.54, 1.807) is 0 Å². The predicted molar refractivity (Wildman–Crippen MR) is 89.5 cm³/mol. The SMILES string of the molecule is C=S(c1ccccc1)C(CN(C)C)C(=O)NOCN(C)C. The molecule has 118 valence electrons. The monoisotopic (exact) mass is 311 g/mol. The molecule has 1 N–H and O–H groups in total. The number of hydrogen-bond donors (Lipinski definition) is 1. The molecule has 5 nitrogen and oxygen atoms in total. The quantitative estimate of drug-likeness (QED) is 0.446. The zero-order valence-electron chi connectivity index (χ0n) is 13.2. The van der Waals surface area contributed by atoms with Crippen LogP contribution in [-0.2, 0) is 9.63 Å². The van der Waals surface area contributed by atoms with Crippen LogP contribution in [0.3, 0.4) is 0 Å². The Morgan fingerprint density at radius 2 is 1.86 bits per heavy atom. The standard InChI is InChI=1S/C15H25N3O2S/c1-17(2)11-14(15(19)16-20-12-18(3)4)21(5)13-9-7-6-8-10-13/h6-10,14H,5,11-12H2,1-4H3,(H,16,19). The van der Waals surface area contributed by atoms with Gasteiger partial charge in [-0.05, 0) is 40.3 Å². The van der Waals surface area contributed by atoms with Crippen molar-refractivity contribution in [3.63, 3.8) is 0 Å². The summed E-state index contributed by atoms with van der Waals surface area (Å²) in [5.41, 5.74) is 2.53. The van der Waals surface area contributed by atoms with E-state index in [1.807, 2.05) is 68.3 Å². The molecule has 2 unspecified atom stereocenters. The molecule has 21 heavy (non-hydrogen) atoms. The van der Waals surface area contributed by atoms with Crippen LogP contribution in [0.2, 0.25) is 0 Å². The molecule has 0 fully saturated rings. The summed E-state index contributed by atoms with van der Waals surface area (Å²) in [4.78, 5) is 22.5. The number of carbonyl (C=O) groups is 1. The van der Waals surface area contributed by atoms with Crippen LogP contribution in [0.1, 0.15) is 0 Å². The number of benzene rings is 1. The fourth-order valence-corrected chi connectivity index (χ4v) is 3.31. The van der Waals surface area contributed by atoms with Gasteiger partial charge in [-0.15, -0.1) is 10.5 Å². The normalized spacial score (nSPS) is 14.2. The second kappa shape index (κ2) is 8.94. The first kappa shape index (κ1) is 17.8. The molecular weight excluding hydrogens is 286 g/mol. The van der Waals surface area contributed by atoms with E-state index < -0.39 is 10.5 Å². The maximum Gasteiger partial charge on any atom is 0.257 e. The van der Waals surface area contributed by atoms with E-state index in [0.29, 0.717) is 13.3 Å². The van der Waals surface area contributed by atoms with Gasteiger partial charge in [-0.25, -0.2) is 5.48 Å². The zero-order valence-corrected chi connectivity index (χ0v) is 14.0. The van der Waals surface area contributed by atoms with Crippen LogP contribution >= 0.6 is 10.5 Å². The molecule has 1 amide bonds. The summed E-state index contributed by atoms with van der Waals surface area (Å²) >= 11 is 0. The smallest absolute Gasteiger partial charge is 0.257 e. The average molecular weight is 311 g/mol. The molecule has 6 heteroatoms. The summed E-state index contributed by atoms with van der Waals surface area (Å²) in [5.74, 6) is 4.07. The predicted octanol–water partition coefficient (Wildman–Crippen LogP) is 1.24. The van der Waals surface area contributed by atoms with Crippen LogP contribution in [0.25, 0.3) is 0 Å². The first-order valence-electron chi connectivity index (χ1n) is 6.70. The molecule has 0 saturated carbocycles. The van der Waals surface area contributed by atoms with Crippen molar-refractivity contribution in [1.82, 2.24) is 15.3 Å². The molecule has 0 aromatic heterocycles. The van der Waals surface area contributed by atoms with Gasteiger partial charge in [0, 0.05) is 11.4 Å². The number of nitrogens with zero attached hydrogens (tertiary/aromatic N) is 2. The summed E-state index contributed by atoms with van der Waals surface area (Å²) in [5, 5.41) is -0.246. The molecule has 0 aliphatic heterocycles. The van der Waals surface area contributed by atoms with E-state index in [2.05, 4.69) is 11.4 Å². The second-order valence-corrected chi connectivity index (χ2v) is 7.21. The minimum absolute atomic E-state index is 0.132. The van der Waals surface area contributed by atoms with Crippen LogP contribution in [0.4, 0.5) is 0 Å². The van der Waals surface area contributed by atoms with E-state index >= 15 is 0 Å². The Labute approximate surface area is 129 Å². The highest BCUT2D eigenvalue weighted by atomic mass is 32.2. The van der Waals surface area contributed by atoms with Crippen LogP contribution in [0.15, 0.2) is 35.2 Å². The molecule has 0 saturated heterocycles. The van der Waals surface area contributed by atoms with Crippen molar-refractivity contribution < 1.29 is 9.63 Å². The Bertz CT molecular complexity index is 463. The van der Waals surface area contributed by atoms with Crippen LogP contribution in [0.5, 0.6) is 0 Å². The van der Waals surface area contributed by atoms with Crippen molar-refractivity contribution in [3.05, 3.63) is 30.3 Å². The van der Waals surface area contributed by atoms with Crippen LogP contribution in [-0.4, -0.2) is 68.3 Å². The molecule has 2 atom stereocenters. The Hall–Kier alpha value is -1.21. The van der Waals surface area contributed by atoms with E-state index in [4.69, 9.17) is 4.84 Å². The number of nitrogens with one attached hydrogen (secondary N) is 1. The van der Waals surface area contributed by atoms with E-state index in [9.17, 15) is 4.79 Å². The minimum atomic E-state index is -0.433. The Morgan fingerprint density at radius 1 is 1.24 bits per heavy atom. The van der Waals surface area contributed by atoms with Gasteiger partial charge in [-0.1, -0.05) is 24.1 Å². The maximum absolute atomic E-state index is 12.4. The highest BCUT2D eigenvalue weighted by Crippen LogP contribution is 2.30. The van der Waals surface area contributed by atoms with Gasteiger partial charge < -0.3 is 4.90 Å². The van der Waals surface area contributed by atoms with Gasteiger partial charge in [0.1, 0.15) is 6.73 Å². The van der Waals surface area contributed by atoms with Crippen LogP contribution in [0, 0.1) is 0 Å². The summed E-state index contributed by atoms with van der Waals surface area (Å²) in [6.07, 6.45) is 0. The van der Waals surface area contributed by atoms with Gasteiger partial charge >= 0.3 is 0 Å². The van der Waals surface area contributed by atoms with E-state index in [1.165, 1.54) is 0 Å². The van der Waals surface area contributed by atoms with Crippen LogP contribution < -0.4 is 5.48 Å². The lowest BCUT2D eigenvalue weighted by Crippen LogP contribution is -2.40. The molecule has 0 aliphatic rings. The van der Waals surface area contributed by atoms with Crippen molar-refractivity contribution >= 4 is 22.3 Å². The summed E-state index contributed by atoms with van der Waals surface area (Å²) in [6, 6.07) is 9.91. The lowest BCUT2D eigenvalue weighted by molar-refractivity contribution is -0.136. The minimum Gasteiger partial charge on any atom is -0.308 e. The van der Waals surface area contributed by atoms with Crippen molar-refractivity contribution in [2.24, 2.45) is 0 Å². The number of hydroxylamine groups is 1.